The Morgan fingerprint density at radius 2 is 2.19 bits per heavy atom. The zero-order valence-corrected chi connectivity index (χ0v) is 16.1. The van der Waals surface area contributed by atoms with Crippen molar-refractivity contribution in [1.29, 1.82) is 0 Å². The lowest BCUT2D eigenvalue weighted by atomic mass is 9.72. The summed E-state index contributed by atoms with van der Waals surface area (Å²) in [6, 6.07) is 3.98. The van der Waals surface area contributed by atoms with Gasteiger partial charge in [-0.15, -0.1) is 0 Å². The molecule has 3 rings (SSSR count). The third kappa shape index (κ3) is 3.16. The number of aliphatic hydroxyl groups is 1. The van der Waals surface area contributed by atoms with Gasteiger partial charge >= 0.3 is 0 Å². The Morgan fingerprint density at radius 1 is 1.46 bits per heavy atom. The van der Waals surface area contributed by atoms with Gasteiger partial charge < -0.3 is 25.2 Å². The number of phenols is 1. The topological polar surface area (TPSA) is 65.0 Å². The summed E-state index contributed by atoms with van der Waals surface area (Å²) in [6.07, 6.45) is 3.71. The normalized spacial score (nSPS) is 26.2. The number of aliphatic hydroxyl groups excluding tert-OH is 1. The van der Waals surface area contributed by atoms with Crippen molar-refractivity contribution in [2.45, 2.75) is 64.3 Å². The Balaban J connectivity index is 1.97. The lowest BCUT2D eigenvalue weighted by molar-refractivity contribution is 0.0932. The number of hydrogen-bond donors (Lipinski definition) is 3. The summed E-state index contributed by atoms with van der Waals surface area (Å²) in [7, 11) is 0. The van der Waals surface area contributed by atoms with Crippen molar-refractivity contribution in [2.24, 2.45) is 0 Å². The fraction of sp³-hybridized carbons (Fsp3) is 0.524. The molecule has 0 radical (unpaired) electrons. The maximum atomic E-state index is 10.3. The summed E-state index contributed by atoms with van der Waals surface area (Å²) < 4.78 is 6.08. The molecule has 0 bridgehead atoms. The molecule has 26 heavy (non-hydrogen) atoms. The molecule has 3 N–H and O–H groups in total. The molecule has 142 valence electrons. The number of rotatable bonds is 6. The van der Waals surface area contributed by atoms with Gasteiger partial charge in [-0.05, 0) is 39.3 Å². The minimum absolute atomic E-state index is 0.157. The van der Waals surface area contributed by atoms with E-state index in [0.717, 1.165) is 23.5 Å². The van der Waals surface area contributed by atoms with Crippen LogP contribution in [0.1, 0.15) is 45.2 Å². The molecule has 1 unspecified atom stereocenters. The molecule has 0 aromatic heterocycles. The van der Waals surface area contributed by atoms with Gasteiger partial charge in [0.25, 0.3) is 0 Å². The van der Waals surface area contributed by atoms with Crippen molar-refractivity contribution in [3.05, 3.63) is 47.8 Å². The monoisotopic (exact) mass is 358 g/mol. The summed E-state index contributed by atoms with van der Waals surface area (Å²) >= 11 is 0. The van der Waals surface area contributed by atoms with Gasteiger partial charge in [0.1, 0.15) is 6.10 Å². The first kappa shape index (κ1) is 18.6. The van der Waals surface area contributed by atoms with E-state index in [9.17, 15) is 10.2 Å². The van der Waals surface area contributed by atoms with Crippen LogP contribution in [0.15, 0.2) is 36.7 Å². The van der Waals surface area contributed by atoms with E-state index >= 15 is 0 Å². The van der Waals surface area contributed by atoms with Crippen molar-refractivity contribution in [2.75, 3.05) is 6.54 Å². The second-order valence-corrected chi connectivity index (χ2v) is 7.76. The van der Waals surface area contributed by atoms with Gasteiger partial charge in [-0.2, -0.15) is 0 Å². The highest BCUT2D eigenvalue weighted by atomic mass is 16.5. The largest absolute Gasteiger partial charge is 0.504 e. The second kappa shape index (κ2) is 6.88. The quantitative estimate of drug-likeness (QED) is 0.682. The molecule has 0 amide bonds. The van der Waals surface area contributed by atoms with Crippen LogP contribution in [0, 0.1) is 0 Å². The number of ether oxygens (including phenoxy) is 1. The number of nitrogens with zero attached hydrogens (tertiary/aromatic N) is 1. The Labute approximate surface area is 156 Å². The second-order valence-electron chi connectivity index (χ2n) is 7.76. The minimum atomic E-state index is -0.505. The molecular weight excluding hydrogens is 328 g/mol. The molecule has 1 aromatic carbocycles. The molecule has 1 heterocycles. The van der Waals surface area contributed by atoms with Gasteiger partial charge in [-0.1, -0.05) is 24.8 Å². The molecular formula is C21H30N2O3. The van der Waals surface area contributed by atoms with Crippen LogP contribution in [0.3, 0.4) is 0 Å². The third-order valence-electron chi connectivity index (χ3n) is 5.39. The summed E-state index contributed by atoms with van der Waals surface area (Å²) in [4.78, 5) is 2.19. The number of phenolic OH excluding ortho intramolecular Hbond substituents is 1. The van der Waals surface area contributed by atoms with E-state index in [1.54, 1.807) is 6.07 Å². The molecule has 0 saturated carbocycles. The highest BCUT2D eigenvalue weighted by Crippen LogP contribution is 2.52. The SMILES string of the molecule is C=C(NC(C)C)N(CC)Cc1ccc(O)c2c1[C@]1(C)C=CC(O)C[C@@H]1O2. The van der Waals surface area contributed by atoms with Crippen LogP contribution < -0.4 is 10.1 Å². The number of aromatic hydroxyl groups is 1. The first-order valence-electron chi connectivity index (χ1n) is 9.36. The van der Waals surface area contributed by atoms with Crippen LogP contribution in [0.4, 0.5) is 0 Å². The van der Waals surface area contributed by atoms with Gasteiger partial charge in [0.05, 0.1) is 17.3 Å². The molecule has 0 saturated heterocycles. The zero-order chi connectivity index (χ0) is 19.1. The van der Waals surface area contributed by atoms with E-state index < -0.39 is 6.10 Å². The highest BCUT2D eigenvalue weighted by Gasteiger charge is 2.48. The summed E-state index contributed by atoms with van der Waals surface area (Å²) in [6.45, 7) is 14.1. The lowest BCUT2D eigenvalue weighted by Gasteiger charge is -2.34. The van der Waals surface area contributed by atoms with Gasteiger partial charge in [0.15, 0.2) is 11.5 Å². The Morgan fingerprint density at radius 3 is 2.85 bits per heavy atom. The number of hydrogen-bond acceptors (Lipinski definition) is 5. The number of nitrogens with one attached hydrogen (secondary N) is 1. The van der Waals surface area contributed by atoms with Crippen LogP contribution in [0.5, 0.6) is 11.5 Å². The van der Waals surface area contributed by atoms with Gasteiger partial charge in [0, 0.05) is 31.1 Å². The summed E-state index contributed by atoms with van der Waals surface area (Å²) in [5.41, 5.74) is 1.77. The van der Waals surface area contributed by atoms with Gasteiger partial charge in [-0.25, -0.2) is 0 Å². The average molecular weight is 358 g/mol. The third-order valence-corrected chi connectivity index (χ3v) is 5.39. The van der Waals surface area contributed by atoms with Crippen LogP contribution in [-0.2, 0) is 12.0 Å². The molecule has 1 aromatic rings. The predicted octanol–water partition coefficient (Wildman–Crippen LogP) is 3.02. The van der Waals surface area contributed by atoms with Crippen molar-refractivity contribution >= 4 is 0 Å². The fourth-order valence-electron chi connectivity index (χ4n) is 4.00. The van der Waals surface area contributed by atoms with E-state index in [0.29, 0.717) is 24.8 Å². The van der Waals surface area contributed by atoms with Crippen LogP contribution in [-0.4, -0.2) is 39.9 Å². The van der Waals surface area contributed by atoms with E-state index in [2.05, 4.69) is 44.5 Å². The Hall–Kier alpha value is -2.14. The van der Waals surface area contributed by atoms with Crippen molar-refractivity contribution in [3.63, 3.8) is 0 Å². The molecule has 1 aliphatic carbocycles. The fourth-order valence-corrected chi connectivity index (χ4v) is 4.00. The number of fused-ring (bicyclic) bond motifs is 3. The van der Waals surface area contributed by atoms with E-state index in [1.807, 2.05) is 18.2 Å². The van der Waals surface area contributed by atoms with Crippen LogP contribution in [0.2, 0.25) is 0 Å². The van der Waals surface area contributed by atoms with Crippen molar-refractivity contribution in [1.82, 2.24) is 10.2 Å². The first-order chi connectivity index (χ1) is 12.3. The summed E-state index contributed by atoms with van der Waals surface area (Å²) in [5, 5.41) is 23.7. The van der Waals surface area contributed by atoms with Crippen LogP contribution >= 0.6 is 0 Å². The van der Waals surface area contributed by atoms with E-state index in [-0.39, 0.29) is 17.3 Å². The highest BCUT2D eigenvalue weighted by molar-refractivity contribution is 5.59. The van der Waals surface area contributed by atoms with Crippen molar-refractivity contribution < 1.29 is 14.9 Å². The average Bonchev–Trinajstić information content (AvgIpc) is 2.88. The van der Waals surface area contributed by atoms with E-state index in [4.69, 9.17) is 4.74 Å². The predicted molar refractivity (Wildman–Crippen MR) is 103 cm³/mol. The molecule has 2 aliphatic rings. The zero-order valence-electron chi connectivity index (χ0n) is 16.1. The number of benzene rings is 1. The van der Waals surface area contributed by atoms with Crippen molar-refractivity contribution in [3.8, 4) is 11.5 Å². The smallest absolute Gasteiger partial charge is 0.165 e. The van der Waals surface area contributed by atoms with E-state index in [1.165, 1.54) is 0 Å². The molecule has 5 heteroatoms. The maximum Gasteiger partial charge on any atom is 0.165 e. The Kier molecular flexibility index (Phi) is 4.93. The lowest BCUT2D eigenvalue weighted by Crippen LogP contribution is -2.40. The van der Waals surface area contributed by atoms with Gasteiger partial charge in [0.2, 0.25) is 0 Å². The van der Waals surface area contributed by atoms with Crippen LogP contribution in [0.25, 0.3) is 0 Å². The molecule has 5 nitrogen and oxygen atoms in total. The Bertz CT molecular complexity index is 728. The summed E-state index contributed by atoms with van der Waals surface area (Å²) in [5.74, 6) is 1.59. The molecule has 1 aliphatic heterocycles. The standard InChI is InChI=1S/C21H30N2O3/c1-6-23(14(4)22-13(2)3)12-15-7-8-17(25)20-19(15)21(5)10-9-16(24)11-18(21)26-20/h7-10,13,16,18,22,24-25H,4,6,11-12H2,1-3,5H3/t16?,18-,21+/m0/s1. The molecule has 0 spiro atoms. The molecule has 3 atom stereocenters. The first-order valence-corrected chi connectivity index (χ1v) is 9.36. The maximum absolute atomic E-state index is 10.3. The minimum Gasteiger partial charge on any atom is -0.504 e. The molecule has 0 fully saturated rings. The van der Waals surface area contributed by atoms with Gasteiger partial charge in [-0.3, -0.25) is 0 Å².